The summed E-state index contributed by atoms with van der Waals surface area (Å²) in [5, 5.41) is 18.7. The molecule has 3 heterocycles. The van der Waals surface area contributed by atoms with E-state index in [-0.39, 0.29) is 41.4 Å². The third-order valence-corrected chi connectivity index (χ3v) is 11.2. The lowest BCUT2D eigenvalue weighted by atomic mass is 9.66. The number of para-hydroxylation sites is 1. The van der Waals surface area contributed by atoms with Crippen molar-refractivity contribution >= 4 is 51.6 Å². The number of anilines is 2. The molecule has 0 radical (unpaired) electrons. The first-order chi connectivity index (χ1) is 19.7. The van der Waals surface area contributed by atoms with Gasteiger partial charge in [0, 0.05) is 16.6 Å². The number of amides is 3. The van der Waals surface area contributed by atoms with Crippen LogP contribution in [0.15, 0.2) is 72.8 Å². The summed E-state index contributed by atoms with van der Waals surface area (Å²) in [5.74, 6) is -1.58. The molecule has 3 unspecified atom stereocenters. The van der Waals surface area contributed by atoms with Crippen LogP contribution in [0.5, 0.6) is 0 Å². The van der Waals surface area contributed by atoms with Crippen molar-refractivity contribution in [3.63, 3.8) is 0 Å². The van der Waals surface area contributed by atoms with Crippen molar-refractivity contribution in [2.45, 2.75) is 55.7 Å². The summed E-state index contributed by atoms with van der Waals surface area (Å²) >= 11 is 1.64. The number of aliphatic hydroxyl groups is 1. The molecule has 0 saturated carbocycles. The summed E-state index contributed by atoms with van der Waals surface area (Å²) in [4.78, 5) is 44.2. The monoisotopic (exact) mass is 571 g/mol. The molecule has 3 aliphatic heterocycles. The van der Waals surface area contributed by atoms with Gasteiger partial charge in [0.2, 0.25) is 17.7 Å². The number of aliphatic hydroxyl groups excluding tert-OH is 1. The van der Waals surface area contributed by atoms with Gasteiger partial charge in [0.25, 0.3) is 0 Å². The Morgan fingerprint density at radius 1 is 0.976 bits per heavy atom. The van der Waals surface area contributed by atoms with Crippen molar-refractivity contribution < 1.29 is 19.5 Å². The molecule has 3 aliphatic rings. The fourth-order valence-corrected chi connectivity index (χ4v) is 9.91. The molecule has 3 aromatic carbocycles. The van der Waals surface area contributed by atoms with Crippen molar-refractivity contribution in [2.75, 3.05) is 17.2 Å². The summed E-state index contributed by atoms with van der Waals surface area (Å²) < 4.78 is -0.758. The molecule has 3 N–H and O–H groups in total. The van der Waals surface area contributed by atoms with E-state index in [2.05, 4.69) is 17.6 Å². The molecule has 3 amide bonds. The van der Waals surface area contributed by atoms with Crippen LogP contribution in [0.1, 0.15) is 33.6 Å². The average Bonchev–Trinajstić information content (AvgIpc) is 3.55. The first kappa shape index (κ1) is 27.8. The Hall–Kier alpha value is -3.36. The summed E-state index contributed by atoms with van der Waals surface area (Å²) in [6.45, 7) is 5.96. The van der Waals surface area contributed by atoms with Gasteiger partial charge < -0.3 is 20.6 Å². The van der Waals surface area contributed by atoms with Gasteiger partial charge >= 0.3 is 0 Å². The highest BCUT2D eigenvalue weighted by Crippen LogP contribution is 2.69. The van der Waals surface area contributed by atoms with Crippen LogP contribution in [-0.2, 0) is 14.4 Å². The summed E-state index contributed by atoms with van der Waals surface area (Å²) in [7, 11) is 0. The Labute approximate surface area is 245 Å². The van der Waals surface area contributed by atoms with Crippen LogP contribution in [-0.4, -0.2) is 56.4 Å². The SMILES string of the molecule is CC(C)C[C@H](CO)N1C(=O)[C@@H]2[C@H](C(=O)Nc3ccccc3)[C@@H]3CC(C)C2(S3)C1C(=O)Nc1ccc2ccccc2c1. The quantitative estimate of drug-likeness (QED) is 0.347. The molecule has 7 nitrogen and oxygen atoms in total. The molecule has 7 atom stereocenters. The second-order valence-electron chi connectivity index (χ2n) is 12.2. The summed E-state index contributed by atoms with van der Waals surface area (Å²) in [5.41, 5.74) is 1.35. The number of fused-ring (bicyclic) bond motifs is 2. The van der Waals surface area contributed by atoms with Gasteiger partial charge in [-0.15, -0.1) is 11.8 Å². The van der Waals surface area contributed by atoms with Crippen molar-refractivity contribution in [3.8, 4) is 0 Å². The third kappa shape index (κ3) is 4.61. The van der Waals surface area contributed by atoms with E-state index in [1.54, 1.807) is 16.7 Å². The Morgan fingerprint density at radius 3 is 2.37 bits per heavy atom. The van der Waals surface area contributed by atoms with Gasteiger partial charge in [-0.05, 0) is 59.7 Å². The predicted molar refractivity (Wildman–Crippen MR) is 163 cm³/mol. The second-order valence-corrected chi connectivity index (χ2v) is 13.7. The minimum Gasteiger partial charge on any atom is -0.394 e. The normalized spacial score (nSPS) is 29.1. The molecular weight excluding hydrogens is 534 g/mol. The van der Waals surface area contributed by atoms with Crippen LogP contribution < -0.4 is 10.6 Å². The highest BCUT2D eigenvalue weighted by molar-refractivity contribution is 8.02. The molecular formula is C33H37N3O4S. The summed E-state index contributed by atoms with van der Waals surface area (Å²) in [6, 6.07) is 21.7. The maximum atomic E-state index is 14.4. The lowest BCUT2D eigenvalue weighted by Crippen LogP contribution is -2.57. The lowest BCUT2D eigenvalue weighted by molar-refractivity contribution is -0.141. The molecule has 3 aromatic rings. The summed E-state index contributed by atoms with van der Waals surface area (Å²) in [6.07, 6.45) is 1.32. The van der Waals surface area contributed by atoms with Gasteiger partial charge in [-0.3, -0.25) is 14.4 Å². The van der Waals surface area contributed by atoms with E-state index < -0.39 is 28.7 Å². The van der Waals surface area contributed by atoms with E-state index in [1.165, 1.54) is 0 Å². The van der Waals surface area contributed by atoms with E-state index in [4.69, 9.17) is 0 Å². The van der Waals surface area contributed by atoms with Crippen LogP contribution in [0.25, 0.3) is 10.8 Å². The highest BCUT2D eigenvalue weighted by atomic mass is 32.2. The second kappa shape index (κ2) is 10.8. The van der Waals surface area contributed by atoms with Gasteiger partial charge in [0.1, 0.15) is 6.04 Å². The predicted octanol–water partition coefficient (Wildman–Crippen LogP) is 5.16. The Balaban J connectivity index is 1.39. The minimum absolute atomic E-state index is 0.0444. The molecule has 6 rings (SSSR count). The third-order valence-electron chi connectivity index (χ3n) is 9.14. The number of nitrogens with one attached hydrogen (secondary N) is 2. The highest BCUT2D eigenvalue weighted by Gasteiger charge is 2.76. The Morgan fingerprint density at radius 2 is 1.66 bits per heavy atom. The van der Waals surface area contributed by atoms with Gasteiger partial charge in [-0.1, -0.05) is 69.3 Å². The zero-order valence-corrected chi connectivity index (χ0v) is 24.4. The smallest absolute Gasteiger partial charge is 0.248 e. The molecule has 3 saturated heterocycles. The van der Waals surface area contributed by atoms with Crippen LogP contribution in [0.3, 0.4) is 0 Å². The minimum atomic E-state index is -0.804. The van der Waals surface area contributed by atoms with Crippen molar-refractivity contribution in [1.82, 2.24) is 4.90 Å². The molecule has 1 spiro atoms. The molecule has 41 heavy (non-hydrogen) atoms. The maximum absolute atomic E-state index is 14.4. The number of hydrogen-bond acceptors (Lipinski definition) is 5. The fraction of sp³-hybridized carbons (Fsp3) is 0.424. The lowest BCUT2D eigenvalue weighted by Gasteiger charge is -2.40. The number of carbonyl (C=O) groups is 3. The maximum Gasteiger partial charge on any atom is 0.248 e. The zero-order chi connectivity index (χ0) is 28.9. The Kier molecular flexibility index (Phi) is 7.32. The topological polar surface area (TPSA) is 98.7 Å². The van der Waals surface area contributed by atoms with Crippen LogP contribution in [0.2, 0.25) is 0 Å². The first-order valence-electron chi connectivity index (χ1n) is 14.5. The molecule has 2 bridgehead atoms. The number of nitrogens with zero attached hydrogens (tertiary/aromatic N) is 1. The van der Waals surface area contributed by atoms with Crippen LogP contribution in [0, 0.1) is 23.7 Å². The van der Waals surface area contributed by atoms with E-state index in [9.17, 15) is 19.5 Å². The van der Waals surface area contributed by atoms with Crippen LogP contribution in [0.4, 0.5) is 11.4 Å². The van der Waals surface area contributed by atoms with Gasteiger partial charge in [0.05, 0.1) is 29.2 Å². The molecule has 0 aromatic heterocycles. The van der Waals surface area contributed by atoms with E-state index in [1.807, 2.05) is 86.6 Å². The Bertz CT molecular complexity index is 1480. The number of benzene rings is 3. The largest absolute Gasteiger partial charge is 0.394 e. The number of rotatable bonds is 8. The van der Waals surface area contributed by atoms with Crippen molar-refractivity contribution in [3.05, 3.63) is 72.8 Å². The molecule has 8 heteroatoms. The number of carbonyl (C=O) groups excluding carboxylic acids is 3. The van der Waals surface area contributed by atoms with Gasteiger partial charge in [-0.2, -0.15) is 0 Å². The van der Waals surface area contributed by atoms with Crippen LogP contribution >= 0.6 is 11.8 Å². The number of thioether (sulfide) groups is 1. The van der Waals surface area contributed by atoms with E-state index in [0.29, 0.717) is 17.8 Å². The first-order valence-corrected chi connectivity index (χ1v) is 15.4. The zero-order valence-electron chi connectivity index (χ0n) is 23.6. The standard InChI is InChI=1S/C33H37N3O4S/c1-19(2)15-25(18-37)36-29(31(39)35-24-14-13-21-9-7-8-10-22(21)17-24)33-20(3)16-26(41-33)27(28(33)32(36)40)30(38)34-23-11-5-4-6-12-23/h4-14,17,19-20,25-29,37H,15-16,18H2,1-3H3,(H,34,38)(H,35,39)/t20?,25-,26+,27-,28+,29?,33?/m1/s1. The van der Waals surface area contributed by atoms with Crippen molar-refractivity contribution in [1.29, 1.82) is 0 Å². The number of likely N-dealkylation sites (tertiary alicyclic amines) is 1. The molecule has 214 valence electrons. The fourth-order valence-electron chi connectivity index (χ4n) is 7.50. The molecule has 0 aliphatic carbocycles. The number of hydrogen-bond donors (Lipinski definition) is 3. The van der Waals surface area contributed by atoms with Gasteiger partial charge in [0.15, 0.2) is 0 Å². The van der Waals surface area contributed by atoms with E-state index >= 15 is 0 Å². The average molecular weight is 572 g/mol. The molecule has 3 fully saturated rings. The van der Waals surface area contributed by atoms with Gasteiger partial charge in [-0.25, -0.2) is 0 Å². The van der Waals surface area contributed by atoms with E-state index in [0.717, 1.165) is 17.2 Å². The van der Waals surface area contributed by atoms with Crippen molar-refractivity contribution in [2.24, 2.45) is 23.7 Å².